The number of anilines is 1. The predicted molar refractivity (Wildman–Crippen MR) is 161 cm³/mol. The van der Waals surface area contributed by atoms with Gasteiger partial charge in [-0.25, -0.2) is 9.97 Å². The SMILES string of the molecule is CC(C)C1=C2C3CCC4[C@@]5(C)CC[C@H](O)C(C)(C)C5CC[C@@]4(C)[C@]3(C)CC[C@@]2(C(=O)Nc2nccc(C(F)(F)F)n2)CC1=O. The zero-order chi connectivity index (χ0) is 32.3. The lowest BCUT2D eigenvalue weighted by Gasteiger charge is -2.72. The molecule has 0 spiro atoms. The Labute approximate surface area is 259 Å². The van der Waals surface area contributed by atoms with Crippen LogP contribution >= 0.6 is 0 Å². The molecule has 5 aliphatic carbocycles. The Morgan fingerprint density at radius 3 is 2.34 bits per heavy atom. The van der Waals surface area contributed by atoms with E-state index < -0.39 is 23.2 Å². The number of hydrogen-bond donors (Lipinski definition) is 2. The summed E-state index contributed by atoms with van der Waals surface area (Å²) in [6.45, 7) is 15.8. The quantitative estimate of drug-likeness (QED) is 0.362. The van der Waals surface area contributed by atoms with E-state index in [1.165, 1.54) is 0 Å². The van der Waals surface area contributed by atoms with Gasteiger partial charge in [0.2, 0.25) is 11.9 Å². The number of hydrogen-bond acceptors (Lipinski definition) is 5. The van der Waals surface area contributed by atoms with Crippen molar-refractivity contribution in [2.45, 2.75) is 119 Å². The average molecular weight is 616 g/mol. The molecule has 0 aromatic carbocycles. The fourth-order valence-electron chi connectivity index (χ4n) is 11.7. The van der Waals surface area contributed by atoms with Gasteiger partial charge in [0.1, 0.15) is 5.69 Å². The van der Waals surface area contributed by atoms with Gasteiger partial charge in [-0.1, -0.05) is 48.5 Å². The molecule has 1 amide bonds. The standard InChI is InChI=1S/C35H48F3N3O3/c1-19(2)26-21(42)18-34(28(44)41-29-39-17-12-24(40-29)35(36,37)38)16-15-32(6)20(27(26)34)8-9-23-31(5)13-11-25(43)30(3,4)22(31)10-14-33(23,32)7/h12,17,19-20,22-23,25,43H,8-11,13-16,18H2,1-7H3,(H,39,40,41,44)/t20?,22?,23?,25-,31-,32+,33+,34+/m0/s1. The van der Waals surface area contributed by atoms with Crippen LogP contribution in [0.15, 0.2) is 23.4 Å². The highest BCUT2D eigenvalue weighted by Crippen LogP contribution is 2.76. The smallest absolute Gasteiger partial charge is 0.393 e. The summed E-state index contributed by atoms with van der Waals surface area (Å²) in [6, 6.07) is 0.782. The number of nitrogens with zero attached hydrogens (tertiary/aromatic N) is 2. The number of carbonyl (C=O) groups is 2. The van der Waals surface area contributed by atoms with Crippen molar-refractivity contribution in [3.63, 3.8) is 0 Å². The highest BCUT2D eigenvalue weighted by Gasteiger charge is 2.70. The molecule has 1 heterocycles. The van der Waals surface area contributed by atoms with Gasteiger partial charge in [-0.05, 0) is 114 Å². The Bertz CT molecular complexity index is 1420. The van der Waals surface area contributed by atoms with Gasteiger partial charge in [0.15, 0.2) is 5.78 Å². The molecule has 4 fully saturated rings. The van der Waals surface area contributed by atoms with E-state index in [1.54, 1.807) is 0 Å². The third kappa shape index (κ3) is 4.15. The number of halogens is 3. The number of fused-ring (bicyclic) bond motifs is 7. The number of ketones is 1. The molecule has 2 N–H and O–H groups in total. The van der Waals surface area contributed by atoms with Crippen molar-refractivity contribution in [2.24, 2.45) is 50.7 Å². The summed E-state index contributed by atoms with van der Waals surface area (Å²) in [5.41, 5.74) is -0.786. The highest BCUT2D eigenvalue weighted by atomic mass is 19.4. The summed E-state index contributed by atoms with van der Waals surface area (Å²) >= 11 is 0. The zero-order valence-electron chi connectivity index (χ0n) is 27.2. The molecule has 0 saturated heterocycles. The summed E-state index contributed by atoms with van der Waals surface area (Å²) in [5.74, 6) is -0.0377. The van der Waals surface area contributed by atoms with Crippen LogP contribution in [0.5, 0.6) is 0 Å². The summed E-state index contributed by atoms with van der Waals surface area (Å²) in [5, 5.41) is 13.6. The van der Waals surface area contributed by atoms with Gasteiger partial charge in [-0.2, -0.15) is 13.2 Å². The van der Waals surface area contributed by atoms with Crippen LogP contribution in [0.25, 0.3) is 0 Å². The number of amides is 1. The van der Waals surface area contributed by atoms with Crippen molar-refractivity contribution in [1.29, 1.82) is 0 Å². The first-order chi connectivity index (χ1) is 20.3. The topological polar surface area (TPSA) is 92.2 Å². The second kappa shape index (κ2) is 9.85. The Morgan fingerprint density at radius 2 is 1.68 bits per heavy atom. The van der Waals surface area contributed by atoms with Crippen molar-refractivity contribution < 1.29 is 27.9 Å². The average Bonchev–Trinajstić information content (AvgIpc) is 3.24. The van der Waals surface area contributed by atoms with Crippen molar-refractivity contribution >= 4 is 17.6 Å². The second-order valence-corrected chi connectivity index (χ2v) is 16.4. The molecule has 1 aromatic heterocycles. The predicted octanol–water partition coefficient (Wildman–Crippen LogP) is 7.78. The molecular weight excluding hydrogens is 567 g/mol. The van der Waals surface area contributed by atoms with Gasteiger partial charge in [-0.15, -0.1) is 0 Å². The van der Waals surface area contributed by atoms with Crippen molar-refractivity contribution in [3.8, 4) is 0 Å². The number of rotatable bonds is 3. The molecule has 4 saturated carbocycles. The maximum absolute atomic E-state index is 14.2. The molecule has 0 radical (unpaired) electrons. The molecule has 3 unspecified atom stereocenters. The lowest BCUT2D eigenvalue weighted by atomic mass is 9.33. The van der Waals surface area contributed by atoms with Crippen LogP contribution in [0.4, 0.5) is 19.1 Å². The van der Waals surface area contributed by atoms with E-state index in [0.29, 0.717) is 18.3 Å². The van der Waals surface area contributed by atoms with E-state index in [4.69, 9.17) is 0 Å². The van der Waals surface area contributed by atoms with E-state index in [-0.39, 0.29) is 57.8 Å². The molecule has 5 aliphatic rings. The van der Waals surface area contributed by atoms with Crippen LogP contribution in [0.2, 0.25) is 0 Å². The van der Waals surface area contributed by atoms with E-state index in [0.717, 1.165) is 68.4 Å². The van der Waals surface area contributed by atoms with Crippen LogP contribution in [0.1, 0.15) is 112 Å². The third-order valence-electron chi connectivity index (χ3n) is 14.0. The first-order valence-corrected chi connectivity index (χ1v) is 16.5. The van der Waals surface area contributed by atoms with E-state index >= 15 is 0 Å². The Morgan fingerprint density at radius 1 is 0.977 bits per heavy atom. The number of Topliss-reactive ketones (excluding diaryl/α,β-unsaturated/α-hetero) is 1. The fraction of sp³-hybridized carbons (Fsp3) is 0.771. The first kappa shape index (κ1) is 31.7. The fourth-order valence-corrected chi connectivity index (χ4v) is 11.7. The summed E-state index contributed by atoms with van der Waals surface area (Å²) in [7, 11) is 0. The Kier molecular flexibility index (Phi) is 7.10. The number of nitrogens with one attached hydrogen (secondary N) is 1. The second-order valence-electron chi connectivity index (χ2n) is 16.4. The molecule has 0 bridgehead atoms. The minimum absolute atomic E-state index is 0.0208. The lowest BCUT2D eigenvalue weighted by molar-refractivity contribution is -0.228. The van der Waals surface area contributed by atoms with Gasteiger partial charge in [0, 0.05) is 12.6 Å². The molecule has 242 valence electrons. The molecule has 9 heteroatoms. The summed E-state index contributed by atoms with van der Waals surface area (Å²) in [4.78, 5) is 35.5. The van der Waals surface area contributed by atoms with Crippen LogP contribution < -0.4 is 5.32 Å². The highest BCUT2D eigenvalue weighted by molar-refractivity contribution is 6.09. The number of aliphatic hydroxyl groups is 1. The number of aliphatic hydroxyl groups excluding tert-OH is 1. The van der Waals surface area contributed by atoms with E-state index in [9.17, 15) is 27.9 Å². The monoisotopic (exact) mass is 615 g/mol. The minimum atomic E-state index is -4.66. The molecule has 44 heavy (non-hydrogen) atoms. The number of alkyl halides is 3. The van der Waals surface area contributed by atoms with Crippen LogP contribution in [-0.2, 0) is 15.8 Å². The zero-order valence-corrected chi connectivity index (χ0v) is 27.2. The van der Waals surface area contributed by atoms with Gasteiger partial charge >= 0.3 is 6.18 Å². The Hall–Kier alpha value is -2.29. The minimum Gasteiger partial charge on any atom is -0.393 e. The van der Waals surface area contributed by atoms with Gasteiger partial charge in [0.25, 0.3) is 0 Å². The number of allylic oxidation sites excluding steroid dienone is 1. The van der Waals surface area contributed by atoms with Crippen LogP contribution in [0, 0.1) is 50.7 Å². The lowest BCUT2D eigenvalue weighted by Crippen LogP contribution is -2.66. The van der Waals surface area contributed by atoms with Crippen molar-refractivity contribution in [2.75, 3.05) is 5.32 Å². The van der Waals surface area contributed by atoms with Crippen LogP contribution in [0.3, 0.4) is 0 Å². The molecule has 1 aromatic rings. The molecule has 6 nitrogen and oxygen atoms in total. The van der Waals surface area contributed by atoms with Crippen molar-refractivity contribution in [3.05, 3.63) is 29.1 Å². The van der Waals surface area contributed by atoms with Crippen molar-refractivity contribution in [1.82, 2.24) is 9.97 Å². The molecule has 8 atom stereocenters. The summed E-state index contributed by atoms with van der Waals surface area (Å²) < 4.78 is 40.2. The Balaban J connectivity index is 1.40. The maximum Gasteiger partial charge on any atom is 0.433 e. The summed E-state index contributed by atoms with van der Waals surface area (Å²) in [6.07, 6.45) is 3.07. The van der Waals surface area contributed by atoms with Gasteiger partial charge < -0.3 is 5.11 Å². The molecular formula is C35H48F3N3O3. The van der Waals surface area contributed by atoms with Gasteiger partial charge in [-0.3, -0.25) is 14.9 Å². The van der Waals surface area contributed by atoms with Gasteiger partial charge in [0.05, 0.1) is 11.5 Å². The maximum atomic E-state index is 14.2. The molecule has 0 aliphatic heterocycles. The van der Waals surface area contributed by atoms with E-state index in [2.05, 4.69) is 49.9 Å². The van der Waals surface area contributed by atoms with Crippen LogP contribution in [-0.4, -0.2) is 32.9 Å². The third-order valence-corrected chi connectivity index (χ3v) is 14.0. The number of carbonyl (C=O) groups excluding carboxylic acids is 2. The first-order valence-electron chi connectivity index (χ1n) is 16.5. The van der Waals surface area contributed by atoms with E-state index in [1.807, 2.05) is 13.8 Å². The largest absolute Gasteiger partial charge is 0.433 e. The normalized spacial score (nSPS) is 41.5. The number of aromatic nitrogens is 2. The molecule has 6 rings (SSSR count).